The van der Waals surface area contributed by atoms with Gasteiger partial charge in [-0.1, -0.05) is 0 Å². The van der Waals surface area contributed by atoms with E-state index in [1.54, 1.807) is 12.4 Å². The molecule has 88 valence electrons. The Balaban J connectivity index is 2.13. The molecule has 2 aromatic heterocycles. The fourth-order valence-corrected chi connectivity index (χ4v) is 1.59. The molecule has 0 aliphatic carbocycles. The van der Waals surface area contributed by atoms with Crippen LogP contribution in [0.5, 0.6) is 0 Å². The van der Waals surface area contributed by atoms with Gasteiger partial charge in [-0.15, -0.1) is 0 Å². The molecular formula is C13H16N4. The molecule has 4 nitrogen and oxygen atoms in total. The third kappa shape index (κ3) is 2.53. The second-order valence-corrected chi connectivity index (χ2v) is 4.05. The highest BCUT2D eigenvalue weighted by Crippen LogP contribution is 2.19. The lowest BCUT2D eigenvalue weighted by atomic mass is 10.1. The van der Waals surface area contributed by atoms with Gasteiger partial charge < -0.3 is 11.1 Å². The van der Waals surface area contributed by atoms with Crippen LogP contribution < -0.4 is 11.1 Å². The number of hydrogen-bond acceptors (Lipinski definition) is 4. The summed E-state index contributed by atoms with van der Waals surface area (Å²) in [6, 6.07) is 3.90. The van der Waals surface area contributed by atoms with Crippen molar-refractivity contribution in [1.29, 1.82) is 0 Å². The molecule has 0 saturated heterocycles. The minimum atomic E-state index is 0.703. The van der Waals surface area contributed by atoms with Crippen LogP contribution >= 0.6 is 0 Å². The molecule has 0 radical (unpaired) electrons. The highest BCUT2D eigenvalue weighted by Gasteiger charge is 2.03. The van der Waals surface area contributed by atoms with Crippen molar-refractivity contribution >= 4 is 11.5 Å². The van der Waals surface area contributed by atoms with E-state index in [0.717, 1.165) is 16.9 Å². The average molecular weight is 228 g/mol. The number of aromatic nitrogens is 2. The van der Waals surface area contributed by atoms with Gasteiger partial charge in [0.15, 0.2) is 0 Å². The van der Waals surface area contributed by atoms with E-state index in [4.69, 9.17) is 5.73 Å². The van der Waals surface area contributed by atoms with E-state index >= 15 is 0 Å². The molecule has 2 rings (SSSR count). The number of nitrogens with one attached hydrogen (secondary N) is 1. The standard InChI is InChI=1S/C13H16N4/c1-9-3-6-16-13(12(9)14)17-8-11-4-5-15-7-10(11)2/h3-7H,8,14H2,1-2H3,(H,16,17). The van der Waals surface area contributed by atoms with Gasteiger partial charge in [-0.3, -0.25) is 4.98 Å². The molecule has 2 aromatic rings. The average Bonchev–Trinajstić information content (AvgIpc) is 2.33. The van der Waals surface area contributed by atoms with Gasteiger partial charge in [0.1, 0.15) is 5.82 Å². The van der Waals surface area contributed by atoms with E-state index in [0.29, 0.717) is 12.2 Å². The third-order valence-corrected chi connectivity index (χ3v) is 2.79. The number of nitrogens with two attached hydrogens (primary N) is 1. The maximum Gasteiger partial charge on any atom is 0.149 e. The van der Waals surface area contributed by atoms with Crippen LogP contribution in [0.4, 0.5) is 11.5 Å². The Morgan fingerprint density at radius 1 is 1.18 bits per heavy atom. The Kier molecular flexibility index (Phi) is 3.23. The van der Waals surface area contributed by atoms with E-state index < -0.39 is 0 Å². The normalized spacial score (nSPS) is 10.2. The largest absolute Gasteiger partial charge is 0.396 e. The van der Waals surface area contributed by atoms with E-state index in [9.17, 15) is 0 Å². The quantitative estimate of drug-likeness (QED) is 0.846. The molecule has 3 N–H and O–H groups in total. The Labute approximate surface area is 101 Å². The Hall–Kier alpha value is -2.10. The molecule has 0 fully saturated rings. The predicted octanol–water partition coefficient (Wildman–Crippen LogP) is 2.29. The molecule has 4 heteroatoms. The van der Waals surface area contributed by atoms with Crippen molar-refractivity contribution in [3.63, 3.8) is 0 Å². The lowest BCUT2D eigenvalue weighted by molar-refractivity contribution is 1.07. The number of pyridine rings is 2. The van der Waals surface area contributed by atoms with Crippen molar-refractivity contribution in [2.45, 2.75) is 20.4 Å². The van der Waals surface area contributed by atoms with Gasteiger partial charge in [0.05, 0.1) is 5.69 Å². The molecule has 0 amide bonds. The molecule has 0 bridgehead atoms. The number of rotatable bonds is 3. The van der Waals surface area contributed by atoms with Gasteiger partial charge in [0.2, 0.25) is 0 Å². The molecule has 0 aromatic carbocycles. The zero-order valence-electron chi connectivity index (χ0n) is 10.1. The lowest BCUT2D eigenvalue weighted by Gasteiger charge is -2.11. The Morgan fingerprint density at radius 3 is 2.76 bits per heavy atom. The first-order valence-electron chi connectivity index (χ1n) is 5.53. The van der Waals surface area contributed by atoms with Gasteiger partial charge in [0.25, 0.3) is 0 Å². The molecular weight excluding hydrogens is 212 g/mol. The van der Waals surface area contributed by atoms with Gasteiger partial charge in [-0.25, -0.2) is 4.98 Å². The van der Waals surface area contributed by atoms with Crippen molar-refractivity contribution < 1.29 is 0 Å². The highest BCUT2D eigenvalue weighted by molar-refractivity contribution is 5.64. The van der Waals surface area contributed by atoms with Crippen LogP contribution in [0, 0.1) is 13.8 Å². The van der Waals surface area contributed by atoms with Crippen molar-refractivity contribution in [1.82, 2.24) is 9.97 Å². The number of nitrogen functional groups attached to an aromatic ring is 1. The second kappa shape index (κ2) is 4.82. The molecule has 0 saturated carbocycles. The number of anilines is 2. The maximum atomic E-state index is 5.95. The highest BCUT2D eigenvalue weighted by atomic mass is 15.0. The van der Waals surface area contributed by atoms with Crippen LogP contribution in [0.15, 0.2) is 30.7 Å². The van der Waals surface area contributed by atoms with Gasteiger partial charge in [-0.2, -0.15) is 0 Å². The maximum absolute atomic E-state index is 5.95. The van der Waals surface area contributed by atoms with Gasteiger partial charge in [-0.05, 0) is 42.7 Å². The van der Waals surface area contributed by atoms with Crippen LogP contribution in [0.1, 0.15) is 16.7 Å². The first kappa shape index (κ1) is 11.4. The summed E-state index contributed by atoms with van der Waals surface area (Å²) in [6.07, 6.45) is 5.40. The lowest BCUT2D eigenvalue weighted by Crippen LogP contribution is -2.06. The third-order valence-electron chi connectivity index (χ3n) is 2.79. The fraction of sp³-hybridized carbons (Fsp3) is 0.231. The van der Waals surface area contributed by atoms with Crippen molar-refractivity contribution in [3.05, 3.63) is 47.4 Å². The molecule has 0 aliphatic rings. The van der Waals surface area contributed by atoms with Crippen molar-refractivity contribution in [2.24, 2.45) is 0 Å². The van der Waals surface area contributed by atoms with E-state index in [1.807, 2.05) is 32.2 Å². The zero-order chi connectivity index (χ0) is 12.3. The molecule has 17 heavy (non-hydrogen) atoms. The van der Waals surface area contributed by atoms with Gasteiger partial charge >= 0.3 is 0 Å². The smallest absolute Gasteiger partial charge is 0.149 e. The summed E-state index contributed by atoms with van der Waals surface area (Å²) in [6.45, 7) is 4.71. The minimum absolute atomic E-state index is 0.703. The van der Waals surface area contributed by atoms with E-state index in [-0.39, 0.29) is 0 Å². The number of hydrogen-bond donors (Lipinski definition) is 2. The Morgan fingerprint density at radius 2 is 2.00 bits per heavy atom. The number of aryl methyl sites for hydroxylation is 2. The second-order valence-electron chi connectivity index (χ2n) is 4.05. The fourth-order valence-electron chi connectivity index (χ4n) is 1.59. The van der Waals surface area contributed by atoms with Gasteiger partial charge in [0, 0.05) is 25.1 Å². The summed E-state index contributed by atoms with van der Waals surface area (Å²) in [5.41, 5.74) is 10.0. The van der Waals surface area contributed by atoms with Crippen molar-refractivity contribution in [2.75, 3.05) is 11.1 Å². The Bertz CT molecular complexity index is 523. The van der Waals surface area contributed by atoms with Crippen LogP contribution in [-0.4, -0.2) is 9.97 Å². The van der Waals surface area contributed by atoms with Crippen LogP contribution in [0.2, 0.25) is 0 Å². The summed E-state index contributed by atoms with van der Waals surface area (Å²) in [4.78, 5) is 8.30. The summed E-state index contributed by atoms with van der Waals surface area (Å²) < 4.78 is 0. The summed E-state index contributed by atoms with van der Waals surface area (Å²) in [5.74, 6) is 0.737. The van der Waals surface area contributed by atoms with Crippen molar-refractivity contribution in [3.8, 4) is 0 Å². The van der Waals surface area contributed by atoms with Crippen LogP contribution in [0.3, 0.4) is 0 Å². The van der Waals surface area contributed by atoms with Crippen LogP contribution in [-0.2, 0) is 6.54 Å². The van der Waals surface area contributed by atoms with E-state index in [1.165, 1.54) is 5.56 Å². The molecule has 0 atom stereocenters. The molecule has 2 heterocycles. The topological polar surface area (TPSA) is 63.8 Å². The summed E-state index contributed by atoms with van der Waals surface area (Å²) >= 11 is 0. The minimum Gasteiger partial charge on any atom is -0.396 e. The molecule has 0 aliphatic heterocycles. The molecule has 0 spiro atoms. The first-order chi connectivity index (χ1) is 8.18. The first-order valence-corrected chi connectivity index (χ1v) is 5.53. The monoisotopic (exact) mass is 228 g/mol. The number of nitrogens with zero attached hydrogens (tertiary/aromatic N) is 2. The zero-order valence-corrected chi connectivity index (χ0v) is 10.1. The summed E-state index contributed by atoms with van der Waals surface area (Å²) in [7, 11) is 0. The summed E-state index contributed by atoms with van der Waals surface area (Å²) in [5, 5.41) is 3.25. The SMILES string of the molecule is Cc1cnccc1CNc1nccc(C)c1N. The van der Waals surface area contributed by atoms with E-state index in [2.05, 4.69) is 15.3 Å². The predicted molar refractivity (Wildman–Crippen MR) is 69.7 cm³/mol. The molecule has 0 unspecified atom stereocenters. The van der Waals surface area contributed by atoms with Crippen LogP contribution in [0.25, 0.3) is 0 Å².